The molecule has 1 fully saturated rings. The van der Waals surface area contributed by atoms with Gasteiger partial charge in [-0.2, -0.15) is 0 Å². The van der Waals surface area contributed by atoms with Gasteiger partial charge >= 0.3 is 0 Å². The number of carbonyl (C=O) groups excluding carboxylic acids is 2. The Balaban J connectivity index is 1.81. The number of rotatable bonds is 4. The van der Waals surface area contributed by atoms with E-state index in [9.17, 15) is 9.59 Å². The molecule has 0 radical (unpaired) electrons. The van der Waals surface area contributed by atoms with Crippen molar-refractivity contribution in [3.63, 3.8) is 0 Å². The van der Waals surface area contributed by atoms with Crippen molar-refractivity contribution in [3.05, 3.63) is 22.4 Å². The molecule has 2 rings (SSSR count). The molecular formula is C12H17N3O2S. The molecule has 1 aliphatic rings. The van der Waals surface area contributed by atoms with Crippen molar-refractivity contribution in [2.45, 2.75) is 6.54 Å². The summed E-state index contributed by atoms with van der Waals surface area (Å²) in [5, 5.41) is 4.75. The van der Waals surface area contributed by atoms with Crippen molar-refractivity contribution in [1.29, 1.82) is 0 Å². The minimum absolute atomic E-state index is 0.00467. The summed E-state index contributed by atoms with van der Waals surface area (Å²) in [6, 6.07) is 4.00. The van der Waals surface area contributed by atoms with Crippen LogP contribution >= 0.6 is 11.3 Å². The molecule has 18 heavy (non-hydrogen) atoms. The molecule has 1 aromatic rings. The zero-order valence-corrected chi connectivity index (χ0v) is 11.2. The van der Waals surface area contributed by atoms with Gasteiger partial charge in [0.2, 0.25) is 11.8 Å². The van der Waals surface area contributed by atoms with E-state index in [1.165, 1.54) is 4.88 Å². The van der Waals surface area contributed by atoms with Crippen molar-refractivity contribution in [3.8, 4) is 0 Å². The number of amides is 2. The van der Waals surface area contributed by atoms with Gasteiger partial charge in [-0.3, -0.25) is 14.5 Å². The average molecular weight is 267 g/mol. The first-order valence-electron chi connectivity index (χ1n) is 5.90. The van der Waals surface area contributed by atoms with Gasteiger partial charge in [0, 0.05) is 25.0 Å². The third kappa shape index (κ3) is 3.54. The van der Waals surface area contributed by atoms with Crippen LogP contribution in [0.4, 0.5) is 0 Å². The average Bonchev–Trinajstić information content (AvgIpc) is 2.81. The lowest BCUT2D eigenvalue weighted by Crippen LogP contribution is -2.50. The fraction of sp³-hybridized carbons (Fsp3) is 0.500. The first kappa shape index (κ1) is 13.0. The SMILES string of the molecule is CN(Cc1cccs1)C(=O)CN1CCNC(=O)C1. The van der Waals surface area contributed by atoms with Crippen LogP contribution in [0.1, 0.15) is 4.88 Å². The second-order valence-electron chi connectivity index (χ2n) is 4.39. The summed E-state index contributed by atoms with van der Waals surface area (Å²) in [5.74, 6) is 0.0491. The van der Waals surface area contributed by atoms with E-state index < -0.39 is 0 Å². The molecule has 0 saturated carbocycles. The Kier molecular flexibility index (Phi) is 4.33. The van der Waals surface area contributed by atoms with Gasteiger partial charge in [-0.15, -0.1) is 11.3 Å². The topological polar surface area (TPSA) is 52.7 Å². The molecule has 0 aromatic carbocycles. The lowest BCUT2D eigenvalue weighted by Gasteiger charge is -2.27. The molecule has 1 N–H and O–H groups in total. The minimum atomic E-state index is -0.00467. The molecule has 1 aromatic heterocycles. The van der Waals surface area contributed by atoms with Crippen molar-refractivity contribution < 1.29 is 9.59 Å². The first-order valence-corrected chi connectivity index (χ1v) is 6.78. The molecule has 1 saturated heterocycles. The van der Waals surface area contributed by atoms with E-state index in [2.05, 4.69) is 5.32 Å². The predicted molar refractivity (Wildman–Crippen MR) is 70.2 cm³/mol. The van der Waals surface area contributed by atoms with Gasteiger partial charge < -0.3 is 10.2 Å². The highest BCUT2D eigenvalue weighted by atomic mass is 32.1. The summed E-state index contributed by atoms with van der Waals surface area (Å²) in [4.78, 5) is 28.0. The van der Waals surface area contributed by atoms with Gasteiger partial charge in [0.05, 0.1) is 19.6 Å². The van der Waals surface area contributed by atoms with E-state index >= 15 is 0 Å². The van der Waals surface area contributed by atoms with Gasteiger partial charge in [-0.05, 0) is 11.4 Å². The number of hydrogen-bond acceptors (Lipinski definition) is 4. The van der Waals surface area contributed by atoms with Crippen LogP contribution in [0.2, 0.25) is 0 Å². The van der Waals surface area contributed by atoms with E-state index in [0.29, 0.717) is 26.2 Å². The molecule has 1 aliphatic heterocycles. The monoisotopic (exact) mass is 267 g/mol. The highest BCUT2D eigenvalue weighted by Crippen LogP contribution is 2.11. The Bertz CT molecular complexity index is 419. The number of nitrogens with one attached hydrogen (secondary N) is 1. The van der Waals surface area contributed by atoms with E-state index in [1.54, 1.807) is 23.3 Å². The molecule has 0 spiro atoms. The highest BCUT2D eigenvalue weighted by Gasteiger charge is 2.20. The fourth-order valence-corrected chi connectivity index (χ4v) is 2.62. The molecular weight excluding hydrogens is 250 g/mol. The zero-order valence-electron chi connectivity index (χ0n) is 10.4. The lowest BCUT2D eigenvalue weighted by atomic mass is 10.3. The number of hydrogen-bond donors (Lipinski definition) is 1. The first-order chi connectivity index (χ1) is 8.65. The predicted octanol–water partition coefficient (Wildman–Crippen LogP) is 0.138. The summed E-state index contributed by atoms with van der Waals surface area (Å²) in [7, 11) is 1.80. The van der Waals surface area contributed by atoms with Crippen LogP contribution in [0, 0.1) is 0 Å². The van der Waals surface area contributed by atoms with E-state index in [0.717, 1.165) is 6.54 Å². The van der Waals surface area contributed by atoms with Gasteiger partial charge in [0.1, 0.15) is 0 Å². The summed E-state index contributed by atoms with van der Waals surface area (Å²) < 4.78 is 0. The van der Waals surface area contributed by atoms with Crippen LogP contribution in [0.25, 0.3) is 0 Å². The minimum Gasteiger partial charge on any atom is -0.354 e. The number of carbonyl (C=O) groups is 2. The number of nitrogens with zero attached hydrogens (tertiary/aromatic N) is 2. The second kappa shape index (κ2) is 5.97. The zero-order chi connectivity index (χ0) is 13.0. The van der Waals surface area contributed by atoms with Crippen LogP contribution < -0.4 is 5.32 Å². The number of thiophene rings is 1. The normalized spacial score (nSPS) is 16.4. The lowest BCUT2D eigenvalue weighted by molar-refractivity contribution is -0.133. The Labute approximate surface area is 110 Å². The van der Waals surface area contributed by atoms with Crippen LogP contribution in [0.5, 0.6) is 0 Å². The Morgan fingerprint density at radius 3 is 3.11 bits per heavy atom. The van der Waals surface area contributed by atoms with Crippen molar-refractivity contribution in [2.24, 2.45) is 0 Å². The van der Waals surface area contributed by atoms with Crippen molar-refractivity contribution >= 4 is 23.2 Å². The van der Waals surface area contributed by atoms with Crippen LogP contribution in [0.3, 0.4) is 0 Å². The van der Waals surface area contributed by atoms with Gasteiger partial charge in [-0.25, -0.2) is 0 Å². The van der Waals surface area contributed by atoms with Crippen LogP contribution in [-0.4, -0.2) is 54.8 Å². The maximum absolute atomic E-state index is 12.0. The second-order valence-corrected chi connectivity index (χ2v) is 5.42. The molecule has 0 unspecified atom stereocenters. The third-order valence-corrected chi connectivity index (χ3v) is 3.74. The van der Waals surface area contributed by atoms with Crippen molar-refractivity contribution in [2.75, 3.05) is 33.2 Å². The van der Waals surface area contributed by atoms with Gasteiger partial charge in [0.25, 0.3) is 0 Å². The quantitative estimate of drug-likeness (QED) is 0.844. The Morgan fingerprint density at radius 1 is 1.61 bits per heavy atom. The molecule has 2 heterocycles. The summed E-state index contributed by atoms with van der Waals surface area (Å²) in [6.45, 7) is 2.63. The molecule has 0 bridgehead atoms. The molecule has 0 atom stereocenters. The molecule has 0 aliphatic carbocycles. The van der Waals surface area contributed by atoms with E-state index in [1.807, 2.05) is 22.4 Å². The maximum atomic E-state index is 12.0. The third-order valence-electron chi connectivity index (χ3n) is 2.88. The Morgan fingerprint density at radius 2 is 2.44 bits per heavy atom. The smallest absolute Gasteiger partial charge is 0.236 e. The summed E-state index contributed by atoms with van der Waals surface area (Å²) >= 11 is 1.64. The summed E-state index contributed by atoms with van der Waals surface area (Å²) in [6.07, 6.45) is 0. The maximum Gasteiger partial charge on any atom is 0.236 e. The van der Waals surface area contributed by atoms with Gasteiger partial charge in [0.15, 0.2) is 0 Å². The van der Waals surface area contributed by atoms with Crippen LogP contribution in [0.15, 0.2) is 17.5 Å². The fourth-order valence-electron chi connectivity index (χ4n) is 1.86. The molecule has 98 valence electrons. The Hall–Kier alpha value is -1.40. The largest absolute Gasteiger partial charge is 0.354 e. The molecule has 5 nitrogen and oxygen atoms in total. The van der Waals surface area contributed by atoms with E-state index in [4.69, 9.17) is 0 Å². The standard InChI is InChI=1S/C12H17N3O2S/c1-14(7-10-3-2-6-18-10)12(17)9-15-5-4-13-11(16)8-15/h2-3,6H,4-5,7-9H2,1H3,(H,13,16). The molecule has 2 amide bonds. The van der Waals surface area contributed by atoms with Crippen LogP contribution in [-0.2, 0) is 16.1 Å². The molecule has 6 heteroatoms. The number of piperazine rings is 1. The van der Waals surface area contributed by atoms with Crippen molar-refractivity contribution in [1.82, 2.24) is 15.1 Å². The van der Waals surface area contributed by atoms with Gasteiger partial charge in [-0.1, -0.05) is 6.07 Å². The van der Waals surface area contributed by atoms with E-state index in [-0.39, 0.29) is 11.8 Å². The summed E-state index contributed by atoms with van der Waals surface area (Å²) in [5.41, 5.74) is 0. The highest BCUT2D eigenvalue weighted by molar-refractivity contribution is 7.09. The number of likely N-dealkylation sites (N-methyl/N-ethyl adjacent to an activating group) is 1.